The highest BCUT2D eigenvalue weighted by atomic mass is 35.5. The number of nitro groups is 1. The molecule has 0 heterocycles. The van der Waals surface area contributed by atoms with Crippen LogP contribution < -0.4 is 0 Å². The van der Waals surface area contributed by atoms with E-state index in [0.717, 1.165) is 23.8 Å². The van der Waals surface area contributed by atoms with Gasteiger partial charge < -0.3 is 10.0 Å². The van der Waals surface area contributed by atoms with Gasteiger partial charge in [0.2, 0.25) is 0 Å². The van der Waals surface area contributed by atoms with Crippen LogP contribution in [0.15, 0.2) is 42.5 Å². The van der Waals surface area contributed by atoms with E-state index in [4.69, 9.17) is 16.7 Å². The number of aromatic carboxylic acids is 1. The van der Waals surface area contributed by atoms with Crippen LogP contribution in [0.25, 0.3) is 0 Å². The van der Waals surface area contributed by atoms with Crippen LogP contribution in [0.4, 0.5) is 5.69 Å². The number of hydrogen-bond acceptors (Lipinski definition) is 4. The maximum absolute atomic E-state index is 12.8. The number of rotatable bonds is 6. The van der Waals surface area contributed by atoms with Crippen molar-refractivity contribution in [2.75, 3.05) is 7.05 Å². The zero-order valence-electron chi connectivity index (χ0n) is 15.0. The average molecular weight is 391 g/mol. The number of carbonyl (C=O) groups is 2. The van der Waals surface area contributed by atoms with Crippen molar-refractivity contribution in [2.24, 2.45) is 0 Å². The zero-order valence-corrected chi connectivity index (χ0v) is 15.8. The second-order valence-electron chi connectivity index (χ2n) is 6.33. The number of carboxylic acid groups (broad SMARTS) is 1. The first kappa shape index (κ1) is 20.4. The number of amides is 1. The van der Waals surface area contributed by atoms with E-state index in [0.29, 0.717) is 5.02 Å². The van der Waals surface area contributed by atoms with Gasteiger partial charge in [-0.3, -0.25) is 14.9 Å². The van der Waals surface area contributed by atoms with Crippen molar-refractivity contribution >= 4 is 29.2 Å². The maximum atomic E-state index is 12.8. The molecule has 2 atom stereocenters. The van der Waals surface area contributed by atoms with Crippen LogP contribution in [-0.2, 0) is 0 Å². The fraction of sp³-hybridized carbons (Fsp3) is 0.263. The molecule has 0 aromatic heterocycles. The Kier molecular flexibility index (Phi) is 6.17. The predicted octanol–water partition coefficient (Wildman–Crippen LogP) is 4.21. The summed E-state index contributed by atoms with van der Waals surface area (Å²) in [6, 6.07) is 10.2. The summed E-state index contributed by atoms with van der Waals surface area (Å²) in [5, 5.41) is 20.8. The van der Waals surface area contributed by atoms with Crippen molar-refractivity contribution in [2.45, 2.75) is 25.8 Å². The van der Waals surface area contributed by atoms with Gasteiger partial charge in [0, 0.05) is 41.7 Å². The number of hydrogen-bond donors (Lipinski definition) is 1. The van der Waals surface area contributed by atoms with Crippen LogP contribution in [0.1, 0.15) is 46.0 Å². The molecule has 2 unspecified atom stereocenters. The van der Waals surface area contributed by atoms with E-state index in [1.54, 1.807) is 19.2 Å². The van der Waals surface area contributed by atoms with E-state index in [2.05, 4.69) is 0 Å². The summed E-state index contributed by atoms with van der Waals surface area (Å²) in [5.41, 5.74) is 0.195. The van der Waals surface area contributed by atoms with Gasteiger partial charge >= 0.3 is 5.97 Å². The number of likely N-dealkylation sites (N-methyl/N-ethyl adjacent to an activating group) is 1. The molecule has 1 amide bonds. The summed E-state index contributed by atoms with van der Waals surface area (Å²) < 4.78 is 0. The fourth-order valence-corrected chi connectivity index (χ4v) is 2.86. The summed E-state index contributed by atoms with van der Waals surface area (Å²) in [7, 11) is 1.58. The van der Waals surface area contributed by atoms with Crippen LogP contribution >= 0.6 is 11.6 Å². The molecule has 2 rings (SSSR count). The van der Waals surface area contributed by atoms with Crippen LogP contribution in [0, 0.1) is 10.1 Å². The minimum atomic E-state index is -1.34. The van der Waals surface area contributed by atoms with Crippen molar-refractivity contribution in [1.82, 2.24) is 4.90 Å². The van der Waals surface area contributed by atoms with Crippen LogP contribution in [0.5, 0.6) is 0 Å². The Morgan fingerprint density at radius 1 is 1.11 bits per heavy atom. The lowest BCUT2D eigenvalue weighted by Gasteiger charge is -2.30. The molecular weight excluding hydrogens is 372 g/mol. The van der Waals surface area contributed by atoms with E-state index < -0.39 is 22.5 Å². The number of benzene rings is 2. The Labute approximate surface area is 161 Å². The minimum Gasteiger partial charge on any atom is -0.478 e. The molecule has 8 heteroatoms. The van der Waals surface area contributed by atoms with Gasteiger partial charge in [-0.05, 0) is 30.7 Å². The molecule has 0 aliphatic carbocycles. The number of non-ortho nitro benzene ring substituents is 1. The molecule has 0 spiro atoms. The normalized spacial score (nSPS) is 12.9. The molecule has 0 radical (unpaired) electrons. The highest BCUT2D eigenvalue weighted by molar-refractivity contribution is 6.30. The maximum Gasteiger partial charge on any atom is 0.335 e. The summed E-state index contributed by atoms with van der Waals surface area (Å²) in [6.45, 7) is 3.81. The quantitative estimate of drug-likeness (QED) is 0.588. The molecule has 0 bridgehead atoms. The Bertz CT molecular complexity index is 850. The number of nitro benzene ring substituents is 1. The number of halogens is 1. The smallest absolute Gasteiger partial charge is 0.335 e. The molecule has 0 saturated carbocycles. The standard InChI is InChI=1S/C19H19ClN2O5/c1-11(13-4-6-16(20)7-5-13)12(2)21(3)18(23)14-8-15(19(24)25)10-17(9-14)22(26)27/h4-12H,1-3H3,(H,24,25). The molecule has 0 aliphatic heterocycles. The molecule has 1 N–H and O–H groups in total. The van der Waals surface area contributed by atoms with E-state index in [1.807, 2.05) is 26.0 Å². The highest BCUT2D eigenvalue weighted by Gasteiger charge is 2.26. The SMILES string of the molecule is CC(c1ccc(Cl)cc1)C(C)N(C)C(=O)c1cc(C(=O)O)cc([N+](=O)[O-])c1. The zero-order chi connectivity index (χ0) is 20.3. The van der Waals surface area contributed by atoms with E-state index >= 15 is 0 Å². The largest absolute Gasteiger partial charge is 0.478 e. The summed E-state index contributed by atoms with van der Waals surface area (Å²) in [4.78, 5) is 35.8. The van der Waals surface area contributed by atoms with Crippen molar-refractivity contribution in [3.8, 4) is 0 Å². The lowest BCUT2D eigenvalue weighted by atomic mass is 9.93. The number of carbonyl (C=O) groups excluding carboxylic acids is 1. The van der Waals surface area contributed by atoms with Crippen molar-refractivity contribution < 1.29 is 19.6 Å². The summed E-state index contributed by atoms with van der Waals surface area (Å²) >= 11 is 5.90. The number of nitrogens with zero attached hydrogens (tertiary/aromatic N) is 2. The third kappa shape index (κ3) is 4.62. The molecule has 142 valence electrons. The van der Waals surface area contributed by atoms with Crippen LogP contribution in [0.2, 0.25) is 5.02 Å². The Morgan fingerprint density at radius 3 is 2.19 bits per heavy atom. The lowest BCUT2D eigenvalue weighted by molar-refractivity contribution is -0.384. The fourth-order valence-electron chi connectivity index (χ4n) is 2.73. The second kappa shape index (κ2) is 8.18. The van der Waals surface area contributed by atoms with E-state index in [-0.39, 0.29) is 23.1 Å². The molecule has 7 nitrogen and oxygen atoms in total. The van der Waals surface area contributed by atoms with Gasteiger partial charge in [0.25, 0.3) is 11.6 Å². The number of carboxylic acids is 1. The van der Waals surface area contributed by atoms with Gasteiger partial charge in [0.1, 0.15) is 0 Å². The Morgan fingerprint density at radius 2 is 1.67 bits per heavy atom. The second-order valence-corrected chi connectivity index (χ2v) is 6.76. The van der Waals surface area contributed by atoms with Gasteiger partial charge in [0.15, 0.2) is 0 Å². The van der Waals surface area contributed by atoms with E-state index in [9.17, 15) is 19.7 Å². The molecular formula is C19H19ClN2O5. The Hall–Kier alpha value is -2.93. The topological polar surface area (TPSA) is 101 Å². The van der Waals surface area contributed by atoms with Gasteiger partial charge in [-0.1, -0.05) is 30.7 Å². The molecule has 0 saturated heterocycles. The van der Waals surface area contributed by atoms with Gasteiger partial charge in [-0.25, -0.2) is 4.79 Å². The third-order valence-corrected chi connectivity index (χ3v) is 4.93. The summed E-state index contributed by atoms with van der Waals surface area (Å²) in [6.07, 6.45) is 0. The first-order valence-electron chi connectivity index (χ1n) is 8.17. The van der Waals surface area contributed by atoms with Crippen molar-refractivity contribution in [1.29, 1.82) is 0 Å². The van der Waals surface area contributed by atoms with Gasteiger partial charge in [-0.2, -0.15) is 0 Å². The third-order valence-electron chi connectivity index (χ3n) is 4.67. The molecule has 2 aromatic rings. The molecule has 2 aromatic carbocycles. The monoisotopic (exact) mass is 390 g/mol. The van der Waals surface area contributed by atoms with Gasteiger partial charge in [0.05, 0.1) is 10.5 Å². The first-order valence-corrected chi connectivity index (χ1v) is 8.55. The Balaban J connectivity index is 2.31. The van der Waals surface area contributed by atoms with Crippen molar-refractivity contribution in [3.63, 3.8) is 0 Å². The average Bonchev–Trinajstić information content (AvgIpc) is 2.65. The summed E-state index contributed by atoms with van der Waals surface area (Å²) in [5.74, 6) is -1.86. The minimum absolute atomic E-state index is 0.0335. The van der Waals surface area contributed by atoms with Crippen LogP contribution in [0.3, 0.4) is 0 Å². The predicted molar refractivity (Wildman–Crippen MR) is 101 cm³/mol. The molecule has 0 fully saturated rings. The lowest BCUT2D eigenvalue weighted by Crippen LogP contribution is -2.38. The van der Waals surface area contributed by atoms with E-state index in [1.165, 1.54) is 4.90 Å². The van der Waals surface area contributed by atoms with Gasteiger partial charge in [-0.15, -0.1) is 0 Å². The molecule has 0 aliphatic rings. The van der Waals surface area contributed by atoms with Crippen LogP contribution in [-0.4, -0.2) is 39.9 Å². The highest BCUT2D eigenvalue weighted by Crippen LogP contribution is 2.26. The molecule has 27 heavy (non-hydrogen) atoms. The van der Waals surface area contributed by atoms with Crippen molar-refractivity contribution in [3.05, 3.63) is 74.3 Å². The first-order chi connectivity index (χ1) is 12.6.